The van der Waals surface area contributed by atoms with Gasteiger partial charge >= 0.3 is 0 Å². The van der Waals surface area contributed by atoms with Gasteiger partial charge in [0, 0.05) is 26.8 Å². The van der Waals surface area contributed by atoms with Crippen LogP contribution in [0.3, 0.4) is 0 Å². The second kappa shape index (κ2) is 16.7. The molecule has 0 unspecified atom stereocenters. The van der Waals surface area contributed by atoms with Crippen LogP contribution in [0.4, 0.5) is 0 Å². The van der Waals surface area contributed by atoms with Crippen molar-refractivity contribution < 1.29 is 17.1 Å². The highest BCUT2D eigenvalue weighted by Gasteiger charge is 2.42. The normalized spacial score (nSPS) is 26.2. The lowest BCUT2D eigenvalue weighted by atomic mass is 9.85. The summed E-state index contributed by atoms with van der Waals surface area (Å²) < 4.78 is 21.7. The van der Waals surface area contributed by atoms with Crippen molar-refractivity contribution in [3.63, 3.8) is 0 Å². The lowest BCUT2D eigenvalue weighted by molar-refractivity contribution is -0.145. The van der Waals surface area contributed by atoms with Crippen molar-refractivity contribution >= 4 is 29.2 Å². The molecular formula is C35H53N7O3S. The maximum Gasteiger partial charge on any atom is 0.288 e. The molecular weight excluding hydrogens is 598 g/mol. The summed E-state index contributed by atoms with van der Waals surface area (Å²) in [5, 5.41) is 8.80. The summed E-state index contributed by atoms with van der Waals surface area (Å²) in [4.78, 5) is 39.9. The molecule has 1 aromatic carbocycles. The number of unbranched alkanes of at least 4 members (excludes halogenated alkanes) is 1. The van der Waals surface area contributed by atoms with Gasteiger partial charge in [0.25, 0.3) is 6.02 Å². The number of amides is 2. The van der Waals surface area contributed by atoms with Gasteiger partial charge in [0.1, 0.15) is 12.1 Å². The van der Waals surface area contributed by atoms with Crippen LogP contribution in [0.15, 0.2) is 52.8 Å². The summed E-state index contributed by atoms with van der Waals surface area (Å²) in [6.07, 6.45) is 6.09. The number of benzene rings is 1. The third kappa shape index (κ3) is 9.08. The van der Waals surface area contributed by atoms with Crippen molar-refractivity contribution in [2.75, 3.05) is 46.8 Å². The number of hydrogen-bond acceptors (Lipinski definition) is 9. The standard InChI is InChI=1S/C35H53N7O3S/c1-25-32(27-10-5-4-6-11-27)45-35(38-25)41-19-20-42(31(24-41)33(43)37-23-29-12-9-21-46-29)34(44)30(13-7-8-18-40(2)3)39-28-16-14-26(22-36)15-17-28/h4-6,9-12,21,25-26,28,30-32,39H,7-8,13-20,22-24,36H2,1-3H3,(H,37,43)/t25-,26?,28?,30-,31-,32+/m0/s1/i2D,3D. The number of hydrogen-bond donors (Lipinski definition) is 3. The summed E-state index contributed by atoms with van der Waals surface area (Å²) in [7, 11) is 0.196. The quantitative estimate of drug-likeness (QED) is 0.283. The lowest BCUT2D eigenvalue weighted by Crippen LogP contribution is -2.64. The Balaban J connectivity index is 1.30. The molecule has 2 aromatic rings. The highest BCUT2D eigenvalue weighted by Crippen LogP contribution is 2.31. The van der Waals surface area contributed by atoms with Crippen molar-refractivity contribution in [1.29, 1.82) is 0 Å². The first-order valence-corrected chi connectivity index (χ1v) is 17.7. The van der Waals surface area contributed by atoms with Crippen molar-refractivity contribution in [3.8, 4) is 0 Å². The second-order valence-corrected chi connectivity index (χ2v) is 14.0. The molecule has 3 aliphatic rings. The van der Waals surface area contributed by atoms with Crippen LogP contribution in [0, 0.1) is 5.92 Å². The molecule has 2 aliphatic heterocycles. The number of amidine groups is 1. The Bertz CT molecular complexity index is 1310. The van der Waals surface area contributed by atoms with Crippen molar-refractivity contribution in [2.24, 2.45) is 16.6 Å². The fourth-order valence-electron chi connectivity index (χ4n) is 6.79. The monoisotopic (exact) mass is 653 g/mol. The van der Waals surface area contributed by atoms with Gasteiger partial charge in [-0.15, -0.1) is 11.3 Å². The molecule has 0 radical (unpaired) electrons. The number of piperazine rings is 1. The molecule has 0 bridgehead atoms. The van der Waals surface area contributed by atoms with Gasteiger partial charge in [-0.05, 0) is 95.5 Å². The number of carbonyl (C=O) groups is 2. The average molecular weight is 654 g/mol. The number of carbonyl (C=O) groups excluding carboxylic acids is 2. The largest absolute Gasteiger partial charge is 0.455 e. The van der Waals surface area contributed by atoms with Gasteiger partial charge in [0.2, 0.25) is 11.8 Å². The molecule has 10 nitrogen and oxygen atoms in total. The summed E-state index contributed by atoms with van der Waals surface area (Å²) in [5.74, 6) is 0.304. The Kier molecular flexibility index (Phi) is 11.5. The van der Waals surface area contributed by atoms with E-state index >= 15 is 0 Å². The van der Waals surface area contributed by atoms with E-state index in [0.717, 1.165) is 49.0 Å². The van der Waals surface area contributed by atoms with Gasteiger partial charge in [-0.1, -0.05) is 42.8 Å². The number of ether oxygens (including phenoxy) is 1. The van der Waals surface area contributed by atoms with Gasteiger partial charge in [0.15, 0.2) is 0 Å². The predicted octanol–water partition coefficient (Wildman–Crippen LogP) is 3.60. The van der Waals surface area contributed by atoms with E-state index in [4.69, 9.17) is 18.2 Å². The molecule has 3 heterocycles. The molecule has 46 heavy (non-hydrogen) atoms. The second-order valence-electron chi connectivity index (χ2n) is 13.0. The fourth-order valence-corrected chi connectivity index (χ4v) is 7.44. The van der Waals surface area contributed by atoms with Crippen molar-refractivity contribution in [3.05, 3.63) is 58.3 Å². The average Bonchev–Trinajstić information content (AvgIpc) is 3.80. The third-order valence-corrected chi connectivity index (χ3v) is 10.4. The minimum absolute atomic E-state index is 0.0467. The van der Waals surface area contributed by atoms with Crippen LogP contribution in [-0.4, -0.2) is 103 Å². The number of rotatable bonds is 13. The van der Waals surface area contributed by atoms with Crippen molar-refractivity contribution in [1.82, 2.24) is 25.3 Å². The molecule has 1 saturated heterocycles. The van der Waals surface area contributed by atoms with E-state index in [1.165, 1.54) is 0 Å². The number of nitrogens with one attached hydrogen (secondary N) is 2. The molecule has 5 rings (SSSR count). The minimum atomic E-state index is -0.706. The van der Waals surface area contributed by atoms with Gasteiger partial charge < -0.3 is 35.8 Å². The molecule has 252 valence electrons. The highest BCUT2D eigenvalue weighted by molar-refractivity contribution is 7.09. The summed E-state index contributed by atoms with van der Waals surface area (Å²) in [6.45, 7) is 5.01. The zero-order chi connectivity index (χ0) is 33.9. The molecule has 4 atom stereocenters. The van der Waals surface area contributed by atoms with Crippen LogP contribution in [0.25, 0.3) is 0 Å². The van der Waals surface area contributed by atoms with Gasteiger partial charge in [-0.2, -0.15) is 0 Å². The van der Waals surface area contributed by atoms with E-state index in [1.54, 1.807) is 21.1 Å². The first-order chi connectivity index (χ1) is 23.4. The SMILES string of the molecule is [2H]CN(C[2H])CCCC[C@H](NC1CCC(CN)CC1)C(=O)N1CCN(C2=N[C@@H](C)[C@H](c3ccccc3)O2)C[C@H]1C(=O)NCc1cccs1. The first kappa shape index (κ1) is 31.6. The van der Waals surface area contributed by atoms with Crippen LogP contribution < -0.4 is 16.4 Å². The summed E-state index contributed by atoms with van der Waals surface area (Å²) >= 11 is 1.59. The smallest absolute Gasteiger partial charge is 0.288 e. The fraction of sp³-hybridized carbons (Fsp3) is 0.629. The summed E-state index contributed by atoms with van der Waals surface area (Å²) in [5.41, 5.74) is 7.01. The molecule has 1 aliphatic carbocycles. The van der Waals surface area contributed by atoms with E-state index < -0.39 is 12.1 Å². The minimum Gasteiger partial charge on any atom is -0.455 e. The van der Waals surface area contributed by atoms with E-state index in [1.807, 2.05) is 59.7 Å². The van der Waals surface area contributed by atoms with Crippen LogP contribution >= 0.6 is 11.3 Å². The maximum absolute atomic E-state index is 14.5. The Hall–Kier alpha value is -2.99. The lowest BCUT2D eigenvalue weighted by Gasteiger charge is -2.42. The molecule has 2 amide bonds. The number of nitrogens with two attached hydrogens (primary N) is 1. The topological polar surface area (TPSA) is 116 Å². The molecule has 0 spiro atoms. The predicted molar refractivity (Wildman–Crippen MR) is 185 cm³/mol. The Morgan fingerprint density at radius 3 is 2.65 bits per heavy atom. The van der Waals surface area contributed by atoms with Gasteiger partial charge in [-0.3, -0.25) is 9.59 Å². The van der Waals surface area contributed by atoms with E-state index in [-0.39, 0.29) is 44.0 Å². The van der Waals surface area contributed by atoms with Crippen LogP contribution in [0.2, 0.25) is 0 Å². The number of aliphatic imine (C=N–C) groups is 1. The van der Waals surface area contributed by atoms with E-state index in [9.17, 15) is 9.59 Å². The Morgan fingerprint density at radius 2 is 1.93 bits per heavy atom. The zero-order valence-electron chi connectivity index (χ0n) is 29.2. The highest BCUT2D eigenvalue weighted by atomic mass is 32.1. The van der Waals surface area contributed by atoms with Crippen LogP contribution in [0.5, 0.6) is 0 Å². The molecule has 11 heteroatoms. The first-order valence-electron chi connectivity index (χ1n) is 18.2. The maximum atomic E-state index is 14.5. The van der Waals surface area contributed by atoms with Crippen LogP contribution in [0.1, 0.15) is 71.2 Å². The third-order valence-electron chi connectivity index (χ3n) is 9.50. The molecule has 1 aromatic heterocycles. The Labute approximate surface area is 281 Å². The van der Waals surface area contributed by atoms with E-state index in [2.05, 4.69) is 10.6 Å². The van der Waals surface area contributed by atoms with Gasteiger partial charge in [0.05, 0.1) is 25.2 Å². The number of nitrogens with zero attached hydrogens (tertiary/aromatic N) is 4. The van der Waals surface area contributed by atoms with Gasteiger partial charge in [-0.25, -0.2) is 4.99 Å². The molecule has 4 N–H and O–H groups in total. The zero-order valence-corrected chi connectivity index (χ0v) is 28.0. The number of thiophene rings is 1. The Morgan fingerprint density at radius 1 is 1.13 bits per heavy atom. The summed E-state index contributed by atoms with van der Waals surface area (Å²) in [6, 6.07) is 13.6. The van der Waals surface area contributed by atoms with Crippen LogP contribution in [-0.2, 0) is 20.9 Å². The molecule has 1 saturated carbocycles. The van der Waals surface area contributed by atoms with E-state index in [0.29, 0.717) is 57.6 Å². The van der Waals surface area contributed by atoms with Crippen molar-refractivity contribution in [2.45, 2.75) is 88.7 Å². The molecule has 2 fully saturated rings.